The van der Waals surface area contributed by atoms with Crippen molar-refractivity contribution in [3.8, 4) is 0 Å². The molecule has 1 unspecified atom stereocenters. The second-order valence-electron chi connectivity index (χ2n) is 5.81. The second kappa shape index (κ2) is 5.15. The van der Waals surface area contributed by atoms with Gasteiger partial charge in [0, 0.05) is 5.69 Å². The number of H-pyrrole nitrogens is 1. The first-order valence-electron chi connectivity index (χ1n) is 7.24. The van der Waals surface area contributed by atoms with Crippen LogP contribution in [0.1, 0.15) is 53.8 Å². The van der Waals surface area contributed by atoms with Gasteiger partial charge in [-0.25, -0.2) is 4.39 Å². The Bertz CT molecular complexity index is 728. The monoisotopic (exact) mass is 290 g/mol. The third kappa shape index (κ3) is 2.31. The first-order chi connectivity index (χ1) is 9.99. The van der Waals surface area contributed by atoms with Gasteiger partial charge in [-0.3, -0.25) is 14.6 Å². The number of rotatable bonds is 3. The van der Waals surface area contributed by atoms with Crippen LogP contribution in [-0.4, -0.2) is 14.9 Å². The van der Waals surface area contributed by atoms with Crippen molar-refractivity contribution in [3.05, 3.63) is 56.8 Å². The molecule has 1 heterocycles. The van der Waals surface area contributed by atoms with Gasteiger partial charge in [0.2, 0.25) is 0 Å². The van der Waals surface area contributed by atoms with Gasteiger partial charge in [0.1, 0.15) is 11.9 Å². The van der Waals surface area contributed by atoms with E-state index < -0.39 is 6.10 Å². The first kappa shape index (κ1) is 14.1. The molecule has 0 amide bonds. The summed E-state index contributed by atoms with van der Waals surface area (Å²) < 4.78 is 15.5. The van der Waals surface area contributed by atoms with Crippen LogP contribution in [0.15, 0.2) is 23.0 Å². The Labute approximate surface area is 122 Å². The van der Waals surface area contributed by atoms with Gasteiger partial charge in [0.15, 0.2) is 0 Å². The largest absolute Gasteiger partial charge is 0.383 e. The fraction of sp³-hybridized carbons (Fsp3) is 0.438. The van der Waals surface area contributed by atoms with Crippen LogP contribution in [-0.2, 0) is 0 Å². The molecular formula is C16H19FN2O2. The van der Waals surface area contributed by atoms with Crippen LogP contribution in [0.25, 0.3) is 0 Å². The third-order valence-corrected chi connectivity index (χ3v) is 4.44. The second-order valence-corrected chi connectivity index (χ2v) is 5.81. The van der Waals surface area contributed by atoms with Crippen LogP contribution in [0, 0.1) is 19.7 Å². The van der Waals surface area contributed by atoms with Gasteiger partial charge in [-0.1, -0.05) is 12.1 Å². The maximum Gasteiger partial charge on any atom is 0.270 e. The molecule has 112 valence electrons. The number of aryl methyl sites for hydroxylation is 1. The number of aromatic amines is 1. The summed E-state index contributed by atoms with van der Waals surface area (Å²) >= 11 is 0. The number of aliphatic hydroxyl groups excluding tert-OH is 1. The van der Waals surface area contributed by atoms with Crippen LogP contribution < -0.4 is 5.56 Å². The minimum Gasteiger partial charge on any atom is -0.383 e. The average molecular weight is 290 g/mol. The van der Waals surface area contributed by atoms with Crippen molar-refractivity contribution in [2.75, 3.05) is 0 Å². The highest BCUT2D eigenvalue weighted by Gasteiger charge is 2.27. The molecular weight excluding hydrogens is 271 g/mol. The van der Waals surface area contributed by atoms with E-state index >= 15 is 0 Å². The van der Waals surface area contributed by atoms with Crippen molar-refractivity contribution >= 4 is 0 Å². The Morgan fingerprint density at radius 1 is 1.38 bits per heavy atom. The normalized spacial score (nSPS) is 16.8. The van der Waals surface area contributed by atoms with Crippen LogP contribution in [0.2, 0.25) is 0 Å². The molecule has 1 saturated carbocycles. The molecule has 3 rings (SSSR count). The number of nitrogens with zero attached hydrogens (tertiary/aromatic N) is 1. The molecule has 0 spiro atoms. The number of hydrogen-bond donors (Lipinski definition) is 2. The average Bonchev–Trinajstić information content (AvgIpc) is 2.66. The maximum atomic E-state index is 13.7. The van der Waals surface area contributed by atoms with Crippen molar-refractivity contribution in [2.45, 2.75) is 45.3 Å². The standard InChI is InChI=1S/C16H19FN2O2/c1-9-6-7-11(8-13(9)17)15(20)14-10(2)19(18-16(14)21)12-4-3-5-12/h6-8,12,15,20H,3-5H2,1-2H3,(H,18,21). The summed E-state index contributed by atoms with van der Waals surface area (Å²) in [6.07, 6.45) is 2.14. The molecule has 1 fully saturated rings. The zero-order chi connectivity index (χ0) is 15.1. The Hall–Kier alpha value is -1.88. The predicted octanol–water partition coefficient (Wildman–Crippen LogP) is 2.74. The van der Waals surface area contributed by atoms with Gasteiger partial charge in [0.05, 0.1) is 11.6 Å². The molecule has 1 aliphatic rings. The van der Waals surface area contributed by atoms with Gasteiger partial charge in [0.25, 0.3) is 5.56 Å². The Morgan fingerprint density at radius 3 is 2.67 bits per heavy atom. The highest BCUT2D eigenvalue weighted by atomic mass is 19.1. The number of halogens is 1. The lowest BCUT2D eigenvalue weighted by molar-refractivity contribution is 0.217. The third-order valence-electron chi connectivity index (χ3n) is 4.44. The number of benzene rings is 1. The molecule has 1 aromatic carbocycles. The summed E-state index contributed by atoms with van der Waals surface area (Å²) in [6, 6.07) is 4.87. The van der Waals surface area contributed by atoms with Crippen molar-refractivity contribution < 1.29 is 9.50 Å². The van der Waals surface area contributed by atoms with Gasteiger partial charge in [-0.15, -0.1) is 0 Å². The molecule has 0 bridgehead atoms. The van der Waals surface area contributed by atoms with E-state index in [2.05, 4.69) is 5.10 Å². The summed E-state index contributed by atoms with van der Waals surface area (Å²) in [7, 11) is 0. The van der Waals surface area contributed by atoms with E-state index in [1.807, 2.05) is 11.6 Å². The van der Waals surface area contributed by atoms with E-state index in [0.717, 1.165) is 25.0 Å². The lowest BCUT2D eigenvalue weighted by Crippen LogP contribution is -2.20. The predicted molar refractivity (Wildman–Crippen MR) is 77.9 cm³/mol. The lowest BCUT2D eigenvalue weighted by Gasteiger charge is -2.27. The Balaban J connectivity index is 2.01. The molecule has 0 saturated heterocycles. The smallest absolute Gasteiger partial charge is 0.270 e. The Morgan fingerprint density at radius 2 is 2.10 bits per heavy atom. The fourth-order valence-corrected chi connectivity index (χ4v) is 2.83. The molecule has 5 heteroatoms. The number of nitrogens with one attached hydrogen (secondary N) is 1. The molecule has 2 aromatic rings. The van der Waals surface area contributed by atoms with Gasteiger partial charge >= 0.3 is 0 Å². The van der Waals surface area contributed by atoms with E-state index in [0.29, 0.717) is 22.7 Å². The van der Waals surface area contributed by atoms with Gasteiger partial charge < -0.3 is 5.11 Å². The summed E-state index contributed by atoms with van der Waals surface area (Å²) in [5.74, 6) is -0.376. The molecule has 21 heavy (non-hydrogen) atoms. The summed E-state index contributed by atoms with van der Waals surface area (Å²) in [4.78, 5) is 12.1. The van der Waals surface area contributed by atoms with Crippen molar-refractivity contribution in [1.29, 1.82) is 0 Å². The van der Waals surface area contributed by atoms with Crippen LogP contribution in [0.3, 0.4) is 0 Å². The zero-order valence-corrected chi connectivity index (χ0v) is 12.2. The summed E-state index contributed by atoms with van der Waals surface area (Å²) in [5, 5.41) is 13.3. The molecule has 1 aromatic heterocycles. The lowest BCUT2D eigenvalue weighted by atomic mass is 9.93. The van der Waals surface area contributed by atoms with E-state index in [9.17, 15) is 14.3 Å². The quantitative estimate of drug-likeness (QED) is 0.913. The van der Waals surface area contributed by atoms with E-state index in [-0.39, 0.29) is 11.4 Å². The van der Waals surface area contributed by atoms with E-state index in [1.54, 1.807) is 19.1 Å². The summed E-state index contributed by atoms with van der Waals surface area (Å²) in [6.45, 7) is 3.48. The molecule has 1 atom stereocenters. The van der Waals surface area contributed by atoms with Crippen molar-refractivity contribution in [3.63, 3.8) is 0 Å². The zero-order valence-electron chi connectivity index (χ0n) is 12.2. The van der Waals surface area contributed by atoms with Crippen molar-refractivity contribution in [1.82, 2.24) is 9.78 Å². The molecule has 0 radical (unpaired) electrons. The van der Waals surface area contributed by atoms with E-state index in [4.69, 9.17) is 0 Å². The topological polar surface area (TPSA) is 58.0 Å². The Kier molecular flexibility index (Phi) is 3.45. The summed E-state index contributed by atoms with van der Waals surface area (Å²) in [5.41, 5.74) is 1.66. The highest BCUT2D eigenvalue weighted by Crippen LogP contribution is 2.33. The van der Waals surface area contributed by atoms with Crippen molar-refractivity contribution in [2.24, 2.45) is 0 Å². The molecule has 4 nitrogen and oxygen atoms in total. The maximum absolute atomic E-state index is 13.7. The number of hydrogen-bond acceptors (Lipinski definition) is 2. The SMILES string of the molecule is Cc1ccc(C(O)c2c(C)n(C3CCC3)[nH]c2=O)cc1F. The molecule has 1 aliphatic carbocycles. The fourth-order valence-electron chi connectivity index (χ4n) is 2.83. The first-order valence-corrected chi connectivity index (χ1v) is 7.24. The minimum atomic E-state index is -1.11. The van der Waals surface area contributed by atoms with Crippen LogP contribution in [0.4, 0.5) is 4.39 Å². The van der Waals surface area contributed by atoms with Crippen LogP contribution >= 0.6 is 0 Å². The number of aliphatic hydroxyl groups is 1. The van der Waals surface area contributed by atoms with Crippen LogP contribution in [0.5, 0.6) is 0 Å². The molecule has 0 aliphatic heterocycles. The van der Waals surface area contributed by atoms with E-state index in [1.165, 1.54) is 6.07 Å². The van der Waals surface area contributed by atoms with Gasteiger partial charge in [-0.05, 0) is 50.3 Å². The molecule has 2 N–H and O–H groups in total. The number of aromatic nitrogens is 2. The minimum absolute atomic E-state index is 0.298. The van der Waals surface area contributed by atoms with Gasteiger partial charge in [-0.2, -0.15) is 0 Å². The highest BCUT2D eigenvalue weighted by molar-refractivity contribution is 5.33.